The first-order chi connectivity index (χ1) is 19.2. The summed E-state index contributed by atoms with van der Waals surface area (Å²) >= 11 is 0. The molecule has 0 radical (unpaired) electrons. The zero-order chi connectivity index (χ0) is 33.1. The molecule has 42 heavy (non-hydrogen) atoms. The predicted octanol–water partition coefficient (Wildman–Crippen LogP) is 5.13. The molecule has 0 heterocycles. The van der Waals surface area contributed by atoms with Gasteiger partial charge in [-0.25, -0.2) is 0 Å². The van der Waals surface area contributed by atoms with E-state index in [0.29, 0.717) is 54.3 Å². The van der Waals surface area contributed by atoms with Gasteiger partial charge >= 0.3 is 0 Å². The van der Waals surface area contributed by atoms with E-state index >= 15 is 0 Å². The van der Waals surface area contributed by atoms with E-state index < -0.39 is 41.8 Å². The van der Waals surface area contributed by atoms with Crippen molar-refractivity contribution in [2.45, 2.75) is 127 Å². The quantitative estimate of drug-likeness (QED) is 0.124. The van der Waals surface area contributed by atoms with E-state index in [4.69, 9.17) is 11.5 Å². The van der Waals surface area contributed by atoms with Gasteiger partial charge in [0.25, 0.3) is 0 Å². The minimum atomic E-state index is -0.942. The van der Waals surface area contributed by atoms with Crippen molar-refractivity contribution >= 4 is 17.7 Å². The van der Waals surface area contributed by atoms with Crippen molar-refractivity contribution < 1.29 is 24.6 Å². The van der Waals surface area contributed by atoms with Crippen LogP contribution in [-0.4, -0.2) is 46.7 Å². The second-order valence-electron chi connectivity index (χ2n) is 14.6. The van der Waals surface area contributed by atoms with Crippen molar-refractivity contribution in [1.82, 2.24) is 5.32 Å². The molecule has 0 saturated carbocycles. The second-order valence-corrected chi connectivity index (χ2v) is 14.6. The Balaban J connectivity index is 5.57. The molecule has 5 unspecified atom stereocenters. The summed E-state index contributed by atoms with van der Waals surface area (Å²) in [7, 11) is 0. The van der Waals surface area contributed by atoms with Crippen LogP contribution in [0.5, 0.6) is 0 Å². The third-order valence-corrected chi connectivity index (χ3v) is 11.3. The number of aliphatic hydroxyl groups is 2. The zero-order valence-corrected chi connectivity index (χ0v) is 28.9. The van der Waals surface area contributed by atoms with Gasteiger partial charge in [0.2, 0.25) is 17.7 Å². The molecule has 0 fully saturated rings. The molecule has 8 heteroatoms. The van der Waals surface area contributed by atoms with Crippen LogP contribution in [0.1, 0.15) is 115 Å². The van der Waals surface area contributed by atoms with Crippen molar-refractivity contribution in [3.63, 3.8) is 0 Å². The molecule has 7 N–H and O–H groups in total. The summed E-state index contributed by atoms with van der Waals surface area (Å²) in [6, 6.07) is 0. The molecule has 0 rings (SSSR count). The van der Waals surface area contributed by atoms with E-state index in [2.05, 4.69) is 74.6 Å². The van der Waals surface area contributed by atoms with E-state index in [1.165, 1.54) is 0 Å². The summed E-state index contributed by atoms with van der Waals surface area (Å²) in [5, 5.41) is 24.9. The number of nitrogens with one attached hydrogen (secondary N) is 1. The van der Waals surface area contributed by atoms with Gasteiger partial charge in [0.1, 0.15) is 0 Å². The predicted molar refractivity (Wildman–Crippen MR) is 172 cm³/mol. The normalized spacial score (nSPS) is 20.9. The van der Waals surface area contributed by atoms with Gasteiger partial charge in [-0.15, -0.1) is 0 Å². The van der Waals surface area contributed by atoms with Crippen LogP contribution in [0.2, 0.25) is 0 Å². The molecule has 0 spiro atoms. The van der Waals surface area contributed by atoms with E-state index in [9.17, 15) is 24.6 Å². The Hall–Kier alpha value is -1.67. The molecular formula is C34H67N3O5. The number of hydrogen-bond donors (Lipinski definition) is 5. The summed E-state index contributed by atoms with van der Waals surface area (Å²) in [6.07, 6.45) is -0.0912. The molecule has 0 aliphatic heterocycles. The molecule has 8 nitrogen and oxygen atoms in total. The zero-order valence-electron chi connectivity index (χ0n) is 28.9. The lowest BCUT2D eigenvalue weighted by Gasteiger charge is -2.49. The van der Waals surface area contributed by atoms with Crippen LogP contribution in [0.4, 0.5) is 0 Å². The Morgan fingerprint density at radius 3 is 1.67 bits per heavy atom. The summed E-state index contributed by atoms with van der Waals surface area (Å²) in [4.78, 5) is 36.6. The molecule has 0 saturated heterocycles. The summed E-state index contributed by atoms with van der Waals surface area (Å²) in [6.45, 7) is 26.4. The van der Waals surface area contributed by atoms with Crippen molar-refractivity contribution in [3.05, 3.63) is 0 Å². The van der Waals surface area contributed by atoms with Crippen molar-refractivity contribution in [1.29, 1.82) is 0 Å². The first-order valence-electron chi connectivity index (χ1n) is 16.4. The van der Waals surface area contributed by atoms with Gasteiger partial charge < -0.3 is 27.0 Å². The van der Waals surface area contributed by atoms with Gasteiger partial charge in [-0.1, -0.05) is 83.1 Å². The van der Waals surface area contributed by atoms with Crippen LogP contribution in [0, 0.1) is 64.6 Å². The van der Waals surface area contributed by atoms with Crippen LogP contribution in [0.25, 0.3) is 0 Å². The highest BCUT2D eigenvalue weighted by atomic mass is 16.3. The molecule has 0 aromatic rings. The van der Waals surface area contributed by atoms with Gasteiger partial charge in [0.15, 0.2) is 0 Å². The molecule has 11 atom stereocenters. The Bertz CT molecular complexity index is 834. The van der Waals surface area contributed by atoms with E-state index in [-0.39, 0.29) is 37.1 Å². The fraction of sp³-hybridized carbons (Fsp3) is 0.912. The Labute approximate surface area is 257 Å². The van der Waals surface area contributed by atoms with Gasteiger partial charge in [-0.3, -0.25) is 14.4 Å². The van der Waals surface area contributed by atoms with Crippen LogP contribution in [0.3, 0.4) is 0 Å². The highest BCUT2D eigenvalue weighted by Crippen LogP contribution is 2.49. The fourth-order valence-corrected chi connectivity index (χ4v) is 6.72. The largest absolute Gasteiger partial charge is 0.393 e. The third kappa shape index (κ3) is 12.1. The van der Waals surface area contributed by atoms with Gasteiger partial charge in [0.05, 0.1) is 12.2 Å². The molecule has 3 amide bonds. The first-order valence-corrected chi connectivity index (χ1v) is 16.4. The average molecular weight is 598 g/mol. The Morgan fingerprint density at radius 2 is 1.24 bits per heavy atom. The highest BCUT2D eigenvalue weighted by Gasteiger charge is 2.43. The second kappa shape index (κ2) is 18.2. The molecule has 248 valence electrons. The van der Waals surface area contributed by atoms with Crippen molar-refractivity contribution in [3.8, 4) is 0 Å². The van der Waals surface area contributed by atoms with Crippen LogP contribution >= 0.6 is 0 Å². The lowest BCUT2D eigenvalue weighted by atomic mass is 9.57. The number of carbonyl (C=O) groups excluding carboxylic acids is 3. The fourth-order valence-electron chi connectivity index (χ4n) is 6.72. The standard InChI is InChI=1S/C34H67N3O5/c1-13-27(32(36)41)15-28(14-21(6)31(35)40)33(42)37-18-30(39)16-29(38)17-34(12,25(10)20(4)5)26(11)24(9)23(8)22(7)19(2)3/h19-30,38-39H,13-18H2,1-12H3,(H2,35,40)(H2,36,41)(H,37,42)/t21?,22-,23-,24-,25+,26-,27?,28?,29?,30?,34-/m1/s1. The minimum Gasteiger partial charge on any atom is -0.393 e. The van der Waals surface area contributed by atoms with Crippen molar-refractivity contribution in [2.24, 2.45) is 76.1 Å². The maximum atomic E-state index is 13.1. The maximum absolute atomic E-state index is 13.1. The molecule has 0 aromatic carbocycles. The number of carbonyl (C=O) groups is 3. The summed E-state index contributed by atoms with van der Waals surface area (Å²) < 4.78 is 0. The first kappa shape index (κ1) is 40.3. The third-order valence-electron chi connectivity index (χ3n) is 11.3. The van der Waals surface area contributed by atoms with Gasteiger partial charge in [-0.05, 0) is 72.5 Å². The molecule has 0 aliphatic rings. The van der Waals surface area contributed by atoms with Gasteiger partial charge in [-0.2, -0.15) is 0 Å². The number of rotatable bonds is 21. The van der Waals surface area contributed by atoms with E-state index in [1.807, 2.05) is 6.92 Å². The Morgan fingerprint density at radius 1 is 0.690 bits per heavy atom. The molecule has 0 aromatic heterocycles. The van der Waals surface area contributed by atoms with E-state index in [1.54, 1.807) is 6.92 Å². The van der Waals surface area contributed by atoms with Crippen LogP contribution in [0.15, 0.2) is 0 Å². The minimum absolute atomic E-state index is 0.0317. The number of amides is 3. The van der Waals surface area contributed by atoms with Crippen LogP contribution < -0.4 is 16.8 Å². The smallest absolute Gasteiger partial charge is 0.223 e. The topological polar surface area (TPSA) is 156 Å². The SMILES string of the molecule is CCC(CC(CC(C)C(N)=O)C(=O)NCC(O)CC(O)C[C@@](C)([C@H](C)[C@H](C)[C@H](C)[C@H](C)C(C)C)[C@@H](C)C(C)C)C(N)=O. The molecular weight excluding hydrogens is 530 g/mol. The molecule has 0 bridgehead atoms. The number of nitrogens with two attached hydrogens (primary N) is 2. The average Bonchev–Trinajstić information content (AvgIpc) is 2.90. The van der Waals surface area contributed by atoms with Crippen molar-refractivity contribution in [2.75, 3.05) is 6.54 Å². The highest BCUT2D eigenvalue weighted by molar-refractivity contribution is 5.82. The maximum Gasteiger partial charge on any atom is 0.223 e. The number of aliphatic hydroxyl groups excluding tert-OH is 2. The lowest BCUT2D eigenvalue weighted by molar-refractivity contribution is -0.129. The Kier molecular flexibility index (Phi) is 17.5. The van der Waals surface area contributed by atoms with E-state index in [0.717, 1.165) is 0 Å². The number of hydrogen-bond acceptors (Lipinski definition) is 5. The monoisotopic (exact) mass is 598 g/mol. The lowest BCUT2D eigenvalue weighted by Crippen LogP contribution is -2.44. The summed E-state index contributed by atoms with van der Waals surface area (Å²) in [5.41, 5.74) is 10.8. The summed E-state index contributed by atoms with van der Waals surface area (Å²) in [5.74, 6) is 0.266. The van der Waals surface area contributed by atoms with Gasteiger partial charge in [0, 0.05) is 30.7 Å². The molecule has 0 aliphatic carbocycles. The van der Waals surface area contributed by atoms with Crippen LogP contribution in [-0.2, 0) is 14.4 Å². The number of primary amides is 2.